The second-order valence-corrected chi connectivity index (χ2v) is 13.7. The van der Waals surface area contributed by atoms with Crippen molar-refractivity contribution < 1.29 is 44.6 Å². The molecule has 4 atom stereocenters. The largest absolute Gasteiger partial charge is 0.319 e. The van der Waals surface area contributed by atoms with Gasteiger partial charge in [0.25, 0.3) is 23.6 Å². The smallest absolute Gasteiger partial charge is 0.272 e. The van der Waals surface area contributed by atoms with E-state index in [2.05, 4.69) is 0 Å². The second kappa shape index (κ2) is 10.2. The third kappa shape index (κ3) is 4.90. The van der Waals surface area contributed by atoms with Gasteiger partial charge in [0.1, 0.15) is 9.79 Å². The minimum Gasteiger partial charge on any atom is -0.272 e. The standard InChI is InChI=1S/C22H14Cl4N2O10S2/c23-9-1-3-15(25)17(5-9)39(33,34)37-27-19(29)11-7-13-14(8-12(11)20(27)30)22(32)28(21(13)31)38-40(35,36)18-6-10(24)2-4-16(18)26/h1-6,11-14H,7-8H2. The number of amides is 4. The van der Waals surface area contributed by atoms with Crippen molar-refractivity contribution in [3.8, 4) is 0 Å². The van der Waals surface area contributed by atoms with E-state index in [0.717, 1.165) is 12.1 Å². The molecule has 1 saturated carbocycles. The number of carbonyl (C=O) groups is 4. The number of rotatable bonds is 6. The van der Waals surface area contributed by atoms with Gasteiger partial charge in [0, 0.05) is 10.0 Å². The first-order chi connectivity index (χ1) is 18.6. The fourth-order valence-electron chi connectivity index (χ4n) is 4.88. The van der Waals surface area contributed by atoms with Crippen molar-refractivity contribution in [2.24, 2.45) is 23.7 Å². The highest BCUT2D eigenvalue weighted by Gasteiger charge is 2.62. The molecule has 5 rings (SSSR count). The van der Waals surface area contributed by atoms with Gasteiger partial charge in [-0.15, -0.1) is 18.7 Å². The summed E-state index contributed by atoms with van der Waals surface area (Å²) in [5.74, 6) is -9.16. The number of fused-ring (bicyclic) bond motifs is 2. The van der Waals surface area contributed by atoms with Gasteiger partial charge in [0.2, 0.25) is 0 Å². The molecule has 2 heterocycles. The fraction of sp³-hybridized carbons (Fsp3) is 0.273. The topological polar surface area (TPSA) is 161 Å². The van der Waals surface area contributed by atoms with Crippen LogP contribution in [0, 0.1) is 23.7 Å². The van der Waals surface area contributed by atoms with E-state index in [1.807, 2.05) is 0 Å². The first-order valence-corrected chi connectivity index (χ1v) is 15.5. The van der Waals surface area contributed by atoms with E-state index in [1.165, 1.54) is 24.3 Å². The molecule has 0 spiro atoms. The minimum absolute atomic E-state index is 0.00408. The van der Waals surface area contributed by atoms with Crippen LogP contribution in [0.5, 0.6) is 0 Å². The maximum absolute atomic E-state index is 13.0. The van der Waals surface area contributed by atoms with Crippen molar-refractivity contribution >= 4 is 90.3 Å². The van der Waals surface area contributed by atoms with Crippen LogP contribution in [0.15, 0.2) is 46.2 Å². The van der Waals surface area contributed by atoms with Gasteiger partial charge in [0.05, 0.1) is 33.7 Å². The first kappa shape index (κ1) is 29.2. The molecule has 0 bridgehead atoms. The number of hydrogen-bond donors (Lipinski definition) is 0. The number of benzene rings is 2. The zero-order valence-corrected chi connectivity index (χ0v) is 24.1. The summed E-state index contributed by atoms with van der Waals surface area (Å²) < 4.78 is 60.8. The predicted octanol–water partition coefficient (Wildman–Crippen LogP) is 3.24. The summed E-state index contributed by atoms with van der Waals surface area (Å²) in [6, 6.07) is 6.94. The van der Waals surface area contributed by atoms with Crippen LogP contribution in [0.25, 0.3) is 0 Å². The molecule has 2 aromatic carbocycles. The van der Waals surface area contributed by atoms with Crippen LogP contribution in [-0.2, 0) is 48.0 Å². The molecular formula is C22H14Cl4N2O10S2. The van der Waals surface area contributed by atoms with E-state index in [4.69, 9.17) is 55.0 Å². The van der Waals surface area contributed by atoms with E-state index >= 15 is 0 Å². The fourth-order valence-corrected chi connectivity index (χ4v) is 8.16. The lowest BCUT2D eigenvalue weighted by Gasteiger charge is -2.27. The Kier molecular flexibility index (Phi) is 7.45. The van der Waals surface area contributed by atoms with Gasteiger partial charge in [-0.05, 0) is 49.2 Å². The minimum atomic E-state index is -4.79. The van der Waals surface area contributed by atoms with Crippen LogP contribution >= 0.6 is 46.4 Å². The van der Waals surface area contributed by atoms with Gasteiger partial charge in [-0.1, -0.05) is 46.4 Å². The van der Waals surface area contributed by atoms with Gasteiger partial charge in [0.15, 0.2) is 0 Å². The number of carbonyl (C=O) groups excluding carboxylic acids is 4. The summed E-state index contributed by atoms with van der Waals surface area (Å²) >= 11 is 23.5. The molecule has 212 valence electrons. The number of nitrogens with zero attached hydrogens (tertiary/aromatic N) is 2. The Bertz CT molecular complexity index is 1550. The van der Waals surface area contributed by atoms with Crippen LogP contribution in [0.4, 0.5) is 0 Å². The van der Waals surface area contributed by atoms with Crippen LogP contribution in [0.3, 0.4) is 0 Å². The lowest BCUT2D eigenvalue weighted by Crippen LogP contribution is -2.35. The highest BCUT2D eigenvalue weighted by molar-refractivity contribution is 7.87. The number of imide groups is 2. The Labute approximate surface area is 246 Å². The highest BCUT2D eigenvalue weighted by atomic mass is 35.5. The molecule has 12 nitrogen and oxygen atoms in total. The van der Waals surface area contributed by atoms with E-state index in [-0.39, 0.29) is 43.1 Å². The Hall–Kier alpha value is -2.30. The van der Waals surface area contributed by atoms with Crippen molar-refractivity contribution in [3.05, 3.63) is 56.5 Å². The molecule has 40 heavy (non-hydrogen) atoms. The van der Waals surface area contributed by atoms with Crippen LogP contribution in [0.2, 0.25) is 20.1 Å². The van der Waals surface area contributed by atoms with Gasteiger partial charge >= 0.3 is 20.2 Å². The normalized spacial score (nSPS) is 25.0. The van der Waals surface area contributed by atoms with E-state index in [9.17, 15) is 36.0 Å². The molecular weight excluding hydrogens is 658 g/mol. The molecule has 0 N–H and O–H groups in total. The van der Waals surface area contributed by atoms with Crippen molar-refractivity contribution in [2.45, 2.75) is 22.6 Å². The molecule has 4 unspecified atom stereocenters. The monoisotopic (exact) mass is 670 g/mol. The predicted molar refractivity (Wildman–Crippen MR) is 136 cm³/mol. The summed E-state index contributed by atoms with van der Waals surface area (Å²) in [4.78, 5) is 51.0. The Morgan fingerprint density at radius 1 is 0.575 bits per heavy atom. The quantitative estimate of drug-likeness (QED) is 0.417. The molecule has 4 amide bonds. The number of halogens is 4. The lowest BCUT2D eigenvalue weighted by atomic mass is 9.70. The number of hydrogen-bond acceptors (Lipinski definition) is 10. The zero-order valence-electron chi connectivity index (χ0n) is 19.5. The molecule has 3 aliphatic rings. The molecule has 0 radical (unpaired) electrons. The van der Waals surface area contributed by atoms with Crippen LogP contribution in [0.1, 0.15) is 12.8 Å². The average Bonchev–Trinajstić information content (AvgIpc) is 3.25. The SMILES string of the molecule is O=C1C2CC3C(=O)N(OS(=O)(=O)c4cc(Cl)ccc4Cl)C(=O)C3CC2C(=O)N1OS(=O)(=O)c1cc(Cl)ccc1Cl. The molecule has 2 aliphatic heterocycles. The first-order valence-electron chi connectivity index (χ1n) is 11.2. The van der Waals surface area contributed by atoms with Crippen LogP contribution in [-0.4, -0.2) is 50.6 Å². The summed E-state index contributed by atoms with van der Waals surface area (Å²) in [7, 11) is -9.58. The lowest BCUT2D eigenvalue weighted by molar-refractivity contribution is -0.166. The maximum atomic E-state index is 13.0. The molecule has 3 fully saturated rings. The zero-order chi connectivity index (χ0) is 29.3. The summed E-state index contributed by atoms with van der Waals surface area (Å²) in [6.45, 7) is 0. The average molecular weight is 672 g/mol. The third-order valence-corrected chi connectivity index (χ3v) is 10.5. The van der Waals surface area contributed by atoms with Crippen molar-refractivity contribution in [1.29, 1.82) is 0 Å². The molecule has 1 aliphatic carbocycles. The Morgan fingerprint density at radius 3 is 1.18 bits per heavy atom. The summed E-state index contributed by atoms with van der Waals surface area (Å²) in [5, 5.41) is -0.428. The molecule has 18 heteroatoms. The summed E-state index contributed by atoms with van der Waals surface area (Å²) in [6.07, 6.45) is -0.750. The van der Waals surface area contributed by atoms with Gasteiger partial charge in [-0.3, -0.25) is 19.2 Å². The van der Waals surface area contributed by atoms with Crippen molar-refractivity contribution in [2.75, 3.05) is 0 Å². The van der Waals surface area contributed by atoms with E-state index in [0.29, 0.717) is 0 Å². The second-order valence-electron chi connectivity index (χ2n) is 9.05. The molecule has 0 aromatic heterocycles. The van der Waals surface area contributed by atoms with Crippen molar-refractivity contribution in [3.63, 3.8) is 0 Å². The highest BCUT2D eigenvalue weighted by Crippen LogP contribution is 2.48. The molecule has 2 saturated heterocycles. The Balaban J connectivity index is 1.36. The van der Waals surface area contributed by atoms with Gasteiger partial charge in [-0.2, -0.15) is 16.8 Å². The van der Waals surface area contributed by atoms with Crippen molar-refractivity contribution in [1.82, 2.24) is 10.1 Å². The van der Waals surface area contributed by atoms with Crippen LogP contribution < -0.4 is 0 Å². The Morgan fingerprint density at radius 2 is 0.875 bits per heavy atom. The van der Waals surface area contributed by atoms with E-state index < -0.39 is 77.3 Å². The number of hydroxylamine groups is 4. The van der Waals surface area contributed by atoms with Gasteiger partial charge in [-0.25, -0.2) is 0 Å². The van der Waals surface area contributed by atoms with Gasteiger partial charge < -0.3 is 0 Å². The third-order valence-electron chi connectivity index (χ3n) is 6.73. The molecule has 2 aromatic rings. The summed E-state index contributed by atoms with van der Waals surface area (Å²) in [5.41, 5.74) is 0. The van der Waals surface area contributed by atoms with E-state index in [1.54, 1.807) is 0 Å². The maximum Gasteiger partial charge on any atom is 0.319 e.